The van der Waals surface area contributed by atoms with E-state index in [1.54, 1.807) is 0 Å². The van der Waals surface area contributed by atoms with E-state index in [2.05, 4.69) is 66.5 Å². The van der Waals surface area contributed by atoms with Gasteiger partial charge in [-0.2, -0.15) is 0 Å². The summed E-state index contributed by atoms with van der Waals surface area (Å²) in [5, 5.41) is 0. The van der Waals surface area contributed by atoms with Crippen molar-refractivity contribution in [1.29, 1.82) is 0 Å². The first-order chi connectivity index (χ1) is 9.60. The SMILES string of the molecule is Cc1cc(-n2c(CCl)nc3cc(Br)ccc32)ccc1Br. The van der Waals surface area contributed by atoms with Crippen LogP contribution in [0.5, 0.6) is 0 Å². The molecule has 5 heteroatoms. The molecular weight excluding hydrogens is 403 g/mol. The smallest absolute Gasteiger partial charge is 0.129 e. The van der Waals surface area contributed by atoms with Gasteiger partial charge in [0.15, 0.2) is 0 Å². The van der Waals surface area contributed by atoms with Crippen LogP contribution >= 0.6 is 43.5 Å². The van der Waals surface area contributed by atoms with E-state index >= 15 is 0 Å². The van der Waals surface area contributed by atoms with Gasteiger partial charge in [-0.05, 0) is 48.9 Å². The zero-order chi connectivity index (χ0) is 14.3. The van der Waals surface area contributed by atoms with Gasteiger partial charge in [0.25, 0.3) is 0 Å². The average molecular weight is 415 g/mol. The maximum absolute atomic E-state index is 6.06. The predicted molar refractivity (Wildman–Crippen MR) is 90.8 cm³/mol. The van der Waals surface area contributed by atoms with Crippen LogP contribution < -0.4 is 0 Å². The number of aryl methyl sites for hydroxylation is 1. The molecule has 0 spiro atoms. The predicted octanol–water partition coefficient (Wildman–Crippen LogP) is 5.60. The first-order valence-corrected chi connectivity index (χ1v) is 8.21. The van der Waals surface area contributed by atoms with Crippen LogP contribution in [0.1, 0.15) is 11.4 Å². The van der Waals surface area contributed by atoms with Gasteiger partial charge in [-0.25, -0.2) is 4.98 Å². The van der Waals surface area contributed by atoms with Crippen LogP contribution in [0, 0.1) is 6.92 Å². The van der Waals surface area contributed by atoms with Crippen LogP contribution in [0.2, 0.25) is 0 Å². The molecule has 0 N–H and O–H groups in total. The Labute approximate surface area is 139 Å². The zero-order valence-electron chi connectivity index (χ0n) is 10.7. The molecule has 0 aliphatic rings. The third-order valence-electron chi connectivity index (χ3n) is 3.21. The van der Waals surface area contributed by atoms with E-state index in [9.17, 15) is 0 Å². The van der Waals surface area contributed by atoms with Crippen molar-refractivity contribution < 1.29 is 0 Å². The first-order valence-electron chi connectivity index (χ1n) is 6.09. The van der Waals surface area contributed by atoms with Crippen molar-refractivity contribution in [3.8, 4) is 5.69 Å². The maximum Gasteiger partial charge on any atom is 0.129 e. The van der Waals surface area contributed by atoms with Crippen LogP contribution in [0.15, 0.2) is 45.3 Å². The highest BCUT2D eigenvalue weighted by molar-refractivity contribution is 9.10. The fourth-order valence-corrected chi connectivity index (χ4v) is 3.02. The standard InChI is InChI=1S/C15H11Br2ClN2/c1-9-6-11(3-4-12(9)17)20-14-5-2-10(16)7-13(14)19-15(20)8-18/h2-7H,8H2,1H3. The number of hydrogen-bond donors (Lipinski definition) is 0. The largest absolute Gasteiger partial charge is 0.295 e. The van der Waals surface area contributed by atoms with Gasteiger partial charge in [-0.3, -0.25) is 4.57 Å². The molecule has 3 rings (SSSR count). The summed E-state index contributed by atoms with van der Waals surface area (Å²) >= 11 is 13.1. The fraction of sp³-hybridized carbons (Fsp3) is 0.133. The van der Waals surface area contributed by atoms with Crippen LogP contribution in [0.4, 0.5) is 0 Å². The number of hydrogen-bond acceptors (Lipinski definition) is 1. The molecule has 1 heterocycles. The molecule has 102 valence electrons. The van der Waals surface area contributed by atoms with E-state index in [4.69, 9.17) is 11.6 Å². The molecule has 0 amide bonds. The number of halogens is 3. The monoisotopic (exact) mass is 412 g/mol. The van der Waals surface area contributed by atoms with Crippen molar-refractivity contribution >= 4 is 54.5 Å². The van der Waals surface area contributed by atoms with Crippen molar-refractivity contribution in [2.75, 3.05) is 0 Å². The summed E-state index contributed by atoms with van der Waals surface area (Å²) in [6.45, 7) is 2.07. The van der Waals surface area contributed by atoms with E-state index < -0.39 is 0 Å². The lowest BCUT2D eigenvalue weighted by Crippen LogP contribution is -1.99. The summed E-state index contributed by atoms with van der Waals surface area (Å²) in [6.07, 6.45) is 0. The van der Waals surface area contributed by atoms with Crippen molar-refractivity contribution in [2.24, 2.45) is 0 Å². The zero-order valence-corrected chi connectivity index (χ0v) is 14.6. The number of fused-ring (bicyclic) bond motifs is 1. The molecular formula is C15H11Br2ClN2. The van der Waals surface area contributed by atoms with E-state index in [-0.39, 0.29) is 0 Å². The topological polar surface area (TPSA) is 17.8 Å². The molecule has 0 unspecified atom stereocenters. The lowest BCUT2D eigenvalue weighted by atomic mass is 10.2. The van der Waals surface area contributed by atoms with Crippen LogP contribution in [0.25, 0.3) is 16.7 Å². The van der Waals surface area contributed by atoms with Crippen LogP contribution in [0.3, 0.4) is 0 Å². The van der Waals surface area contributed by atoms with Gasteiger partial charge in [0.1, 0.15) is 5.82 Å². The Bertz CT molecular complexity index is 796. The van der Waals surface area contributed by atoms with E-state index in [0.29, 0.717) is 5.88 Å². The van der Waals surface area contributed by atoms with Gasteiger partial charge < -0.3 is 0 Å². The molecule has 1 aromatic heterocycles. The highest BCUT2D eigenvalue weighted by atomic mass is 79.9. The lowest BCUT2D eigenvalue weighted by Gasteiger charge is -2.09. The Balaban J connectivity index is 2.30. The molecule has 0 radical (unpaired) electrons. The third kappa shape index (κ3) is 2.41. The number of imidazole rings is 1. The molecule has 0 saturated carbocycles. The Morgan fingerprint density at radius 3 is 2.65 bits per heavy atom. The highest BCUT2D eigenvalue weighted by Crippen LogP contribution is 2.27. The Kier molecular flexibility index (Phi) is 3.89. The lowest BCUT2D eigenvalue weighted by molar-refractivity contribution is 0.979. The second kappa shape index (κ2) is 5.51. The van der Waals surface area contributed by atoms with Crippen molar-refractivity contribution in [3.05, 3.63) is 56.7 Å². The maximum atomic E-state index is 6.06. The number of nitrogens with zero attached hydrogens (tertiary/aromatic N) is 2. The van der Waals surface area contributed by atoms with Gasteiger partial charge in [0.2, 0.25) is 0 Å². The molecule has 0 bridgehead atoms. The van der Waals surface area contributed by atoms with Crippen LogP contribution in [-0.2, 0) is 5.88 Å². The minimum atomic E-state index is 0.376. The van der Waals surface area contributed by atoms with Crippen molar-refractivity contribution in [1.82, 2.24) is 9.55 Å². The molecule has 0 saturated heterocycles. The minimum Gasteiger partial charge on any atom is -0.295 e. The number of aromatic nitrogens is 2. The average Bonchev–Trinajstić information content (AvgIpc) is 2.79. The normalized spacial score (nSPS) is 11.2. The van der Waals surface area contributed by atoms with Gasteiger partial charge in [0, 0.05) is 14.6 Å². The summed E-state index contributed by atoms with van der Waals surface area (Å²) in [4.78, 5) is 4.61. The Hall–Kier alpha value is -0.840. The third-order valence-corrected chi connectivity index (χ3v) is 4.83. The van der Waals surface area contributed by atoms with Gasteiger partial charge in [0.05, 0.1) is 16.9 Å². The highest BCUT2D eigenvalue weighted by Gasteiger charge is 2.12. The summed E-state index contributed by atoms with van der Waals surface area (Å²) < 4.78 is 4.22. The molecule has 2 nitrogen and oxygen atoms in total. The first kappa shape index (κ1) is 14.1. The van der Waals surface area contributed by atoms with Gasteiger partial charge >= 0.3 is 0 Å². The van der Waals surface area contributed by atoms with Crippen LogP contribution in [-0.4, -0.2) is 9.55 Å². The second-order valence-corrected chi connectivity index (χ2v) is 6.60. The Morgan fingerprint density at radius 1 is 1.15 bits per heavy atom. The van der Waals surface area contributed by atoms with Crippen molar-refractivity contribution in [3.63, 3.8) is 0 Å². The van der Waals surface area contributed by atoms with Gasteiger partial charge in [-0.1, -0.05) is 31.9 Å². The number of alkyl halides is 1. The number of rotatable bonds is 2. The summed E-state index contributed by atoms with van der Waals surface area (Å²) in [7, 11) is 0. The molecule has 2 aromatic carbocycles. The number of benzene rings is 2. The fourth-order valence-electron chi connectivity index (χ4n) is 2.25. The second-order valence-electron chi connectivity index (χ2n) is 4.56. The molecule has 0 atom stereocenters. The summed E-state index contributed by atoms with van der Waals surface area (Å²) in [6, 6.07) is 12.3. The van der Waals surface area contributed by atoms with Gasteiger partial charge in [-0.15, -0.1) is 11.6 Å². The molecule has 0 fully saturated rings. The Morgan fingerprint density at radius 2 is 1.95 bits per heavy atom. The van der Waals surface area contributed by atoms with E-state index in [0.717, 1.165) is 31.5 Å². The molecule has 20 heavy (non-hydrogen) atoms. The van der Waals surface area contributed by atoms with E-state index in [1.165, 1.54) is 5.56 Å². The molecule has 0 aliphatic heterocycles. The van der Waals surface area contributed by atoms with Crippen molar-refractivity contribution in [2.45, 2.75) is 12.8 Å². The quantitative estimate of drug-likeness (QED) is 0.499. The van der Waals surface area contributed by atoms with E-state index in [1.807, 2.05) is 18.2 Å². The minimum absolute atomic E-state index is 0.376. The molecule has 0 aliphatic carbocycles. The summed E-state index contributed by atoms with van der Waals surface area (Å²) in [5.41, 5.74) is 4.26. The molecule has 3 aromatic rings. The summed E-state index contributed by atoms with van der Waals surface area (Å²) in [5.74, 6) is 1.23.